The van der Waals surface area contributed by atoms with E-state index in [9.17, 15) is 4.79 Å². The first kappa shape index (κ1) is 17.5. The Bertz CT molecular complexity index is 1260. The van der Waals surface area contributed by atoms with Crippen molar-refractivity contribution in [1.82, 2.24) is 10.9 Å². The second kappa shape index (κ2) is 7.10. The smallest absolute Gasteiger partial charge is 0.242 e. The number of carbonyl (C=O) groups is 1. The van der Waals surface area contributed by atoms with Gasteiger partial charge in [-0.15, -0.1) is 0 Å². The lowest BCUT2D eigenvalue weighted by molar-refractivity contribution is -0.121. The predicted molar refractivity (Wildman–Crippen MR) is 119 cm³/mol. The summed E-state index contributed by atoms with van der Waals surface area (Å²) in [5, 5.41) is 4.79. The molecule has 5 rings (SSSR count). The van der Waals surface area contributed by atoms with Gasteiger partial charge in [0.15, 0.2) is 0 Å². The first-order valence-electron chi connectivity index (χ1n) is 9.95. The molecule has 1 aliphatic rings. The highest BCUT2D eigenvalue weighted by Gasteiger charge is 2.17. The second-order valence-electron chi connectivity index (χ2n) is 7.58. The standard InChI is InChI=1S/C26H22N2O/c1-17(22-15-14-20-13-12-19-8-5-11-24(22)26(19)20)27-28-25(29)16-21-9-4-7-18-6-2-3-10-23(18)21/h2-11,14-15,27H,1,12-13,16H2,(H,28,29). The maximum atomic E-state index is 12.6. The molecule has 0 radical (unpaired) electrons. The van der Waals surface area contributed by atoms with Crippen LogP contribution in [-0.4, -0.2) is 5.91 Å². The van der Waals surface area contributed by atoms with E-state index in [0.717, 1.165) is 34.7 Å². The normalized spacial score (nSPS) is 12.3. The van der Waals surface area contributed by atoms with Gasteiger partial charge in [-0.3, -0.25) is 15.6 Å². The van der Waals surface area contributed by atoms with Gasteiger partial charge in [0.2, 0.25) is 5.91 Å². The maximum Gasteiger partial charge on any atom is 0.242 e. The van der Waals surface area contributed by atoms with E-state index in [-0.39, 0.29) is 5.91 Å². The van der Waals surface area contributed by atoms with Crippen LogP contribution in [0.15, 0.2) is 79.4 Å². The molecule has 0 heterocycles. The molecule has 4 aromatic rings. The van der Waals surface area contributed by atoms with Gasteiger partial charge in [-0.05, 0) is 51.1 Å². The van der Waals surface area contributed by atoms with Crippen molar-refractivity contribution in [3.63, 3.8) is 0 Å². The predicted octanol–water partition coefficient (Wildman–Crippen LogP) is 4.93. The number of aryl methyl sites for hydroxylation is 2. The molecule has 1 aliphatic carbocycles. The van der Waals surface area contributed by atoms with Crippen LogP contribution in [0.4, 0.5) is 0 Å². The molecule has 142 valence electrons. The van der Waals surface area contributed by atoms with Gasteiger partial charge in [-0.25, -0.2) is 0 Å². The largest absolute Gasteiger partial charge is 0.299 e. The van der Waals surface area contributed by atoms with Crippen molar-refractivity contribution in [1.29, 1.82) is 0 Å². The number of fused-ring (bicyclic) bond motifs is 1. The zero-order valence-corrected chi connectivity index (χ0v) is 16.2. The number of amides is 1. The molecule has 0 aromatic heterocycles. The molecule has 0 saturated carbocycles. The molecule has 0 unspecified atom stereocenters. The van der Waals surface area contributed by atoms with Crippen LogP contribution in [0.25, 0.3) is 27.2 Å². The van der Waals surface area contributed by atoms with E-state index in [2.05, 4.69) is 66.0 Å². The van der Waals surface area contributed by atoms with Crippen molar-refractivity contribution < 1.29 is 4.79 Å². The van der Waals surface area contributed by atoms with Crippen LogP contribution in [0.5, 0.6) is 0 Å². The van der Waals surface area contributed by atoms with Gasteiger partial charge >= 0.3 is 0 Å². The number of hydrogen-bond acceptors (Lipinski definition) is 2. The van der Waals surface area contributed by atoms with Gasteiger partial charge in [-0.2, -0.15) is 0 Å². The molecule has 3 nitrogen and oxygen atoms in total. The van der Waals surface area contributed by atoms with E-state index >= 15 is 0 Å². The fourth-order valence-corrected chi connectivity index (χ4v) is 4.39. The Balaban J connectivity index is 1.32. The zero-order valence-electron chi connectivity index (χ0n) is 16.2. The van der Waals surface area contributed by atoms with E-state index in [1.165, 1.54) is 21.9 Å². The molecule has 0 saturated heterocycles. The van der Waals surface area contributed by atoms with Gasteiger partial charge in [-0.1, -0.05) is 79.4 Å². The van der Waals surface area contributed by atoms with E-state index in [4.69, 9.17) is 0 Å². The van der Waals surface area contributed by atoms with Gasteiger partial charge in [0, 0.05) is 5.56 Å². The molecular weight excluding hydrogens is 356 g/mol. The van der Waals surface area contributed by atoms with Crippen molar-refractivity contribution in [2.24, 2.45) is 0 Å². The van der Waals surface area contributed by atoms with Crippen LogP contribution in [0.3, 0.4) is 0 Å². The fraction of sp³-hybridized carbons (Fsp3) is 0.115. The van der Waals surface area contributed by atoms with Gasteiger partial charge < -0.3 is 0 Å². The molecule has 29 heavy (non-hydrogen) atoms. The molecule has 0 fully saturated rings. The van der Waals surface area contributed by atoms with Crippen LogP contribution in [0, 0.1) is 0 Å². The summed E-state index contributed by atoms with van der Waals surface area (Å²) in [5.74, 6) is -0.0894. The third-order valence-electron chi connectivity index (χ3n) is 5.79. The van der Waals surface area contributed by atoms with E-state index in [0.29, 0.717) is 12.1 Å². The van der Waals surface area contributed by atoms with Crippen molar-refractivity contribution >= 4 is 33.1 Å². The summed E-state index contributed by atoms with van der Waals surface area (Å²) in [7, 11) is 0. The minimum Gasteiger partial charge on any atom is -0.299 e. The summed E-state index contributed by atoms with van der Waals surface area (Å²) >= 11 is 0. The Morgan fingerprint density at radius 2 is 1.52 bits per heavy atom. The average molecular weight is 378 g/mol. The monoisotopic (exact) mass is 378 g/mol. The van der Waals surface area contributed by atoms with Gasteiger partial charge in [0.1, 0.15) is 0 Å². The summed E-state index contributed by atoms with van der Waals surface area (Å²) in [6, 6.07) is 24.9. The highest BCUT2D eigenvalue weighted by Crippen LogP contribution is 2.34. The number of rotatable bonds is 5. The maximum absolute atomic E-state index is 12.6. The number of carbonyl (C=O) groups excluding carboxylic acids is 1. The lowest BCUT2D eigenvalue weighted by Gasteiger charge is -2.15. The summed E-state index contributed by atoms with van der Waals surface area (Å²) in [4.78, 5) is 12.6. The number of nitrogens with one attached hydrogen (secondary N) is 2. The molecular formula is C26H22N2O. The molecule has 0 atom stereocenters. The van der Waals surface area contributed by atoms with E-state index < -0.39 is 0 Å². The molecule has 0 aliphatic heterocycles. The number of hydrazine groups is 1. The third-order valence-corrected chi connectivity index (χ3v) is 5.79. The van der Waals surface area contributed by atoms with Crippen molar-refractivity contribution in [3.05, 3.63) is 102 Å². The summed E-state index contributed by atoms with van der Waals surface area (Å²) in [6.45, 7) is 4.16. The van der Waals surface area contributed by atoms with Crippen molar-refractivity contribution in [3.8, 4) is 0 Å². The number of benzene rings is 4. The average Bonchev–Trinajstić information content (AvgIpc) is 3.18. The van der Waals surface area contributed by atoms with Gasteiger partial charge in [0.05, 0.1) is 12.1 Å². The molecule has 0 bridgehead atoms. The first-order chi connectivity index (χ1) is 14.2. The van der Waals surface area contributed by atoms with Crippen molar-refractivity contribution in [2.75, 3.05) is 0 Å². The first-order valence-corrected chi connectivity index (χ1v) is 9.95. The zero-order chi connectivity index (χ0) is 19.8. The van der Waals surface area contributed by atoms with E-state index in [1.807, 2.05) is 24.3 Å². The summed E-state index contributed by atoms with van der Waals surface area (Å²) in [5.41, 5.74) is 11.4. The molecule has 0 spiro atoms. The Kier molecular flexibility index (Phi) is 4.28. The topological polar surface area (TPSA) is 41.1 Å². The molecule has 2 N–H and O–H groups in total. The van der Waals surface area contributed by atoms with Crippen LogP contribution in [0.2, 0.25) is 0 Å². The third kappa shape index (κ3) is 3.15. The minimum atomic E-state index is -0.0894. The van der Waals surface area contributed by atoms with Crippen LogP contribution < -0.4 is 10.9 Å². The Hall–Kier alpha value is -3.59. The lowest BCUT2D eigenvalue weighted by Crippen LogP contribution is -2.36. The molecule has 1 amide bonds. The quantitative estimate of drug-likeness (QED) is 0.484. The summed E-state index contributed by atoms with van der Waals surface area (Å²) < 4.78 is 0. The Morgan fingerprint density at radius 3 is 2.41 bits per heavy atom. The molecule has 3 heteroatoms. The van der Waals surface area contributed by atoms with Crippen LogP contribution >= 0.6 is 0 Å². The fourth-order valence-electron chi connectivity index (χ4n) is 4.39. The van der Waals surface area contributed by atoms with E-state index in [1.54, 1.807) is 0 Å². The highest BCUT2D eigenvalue weighted by atomic mass is 16.2. The second-order valence-corrected chi connectivity index (χ2v) is 7.58. The Labute approximate surface area is 170 Å². The molecule has 4 aromatic carbocycles. The van der Waals surface area contributed by atoms with Crippen LogP contribution in [0.1, 0.15) is 22.3 Å². The number of hydrogen-bond donors (Lipinski definition) is 2. The Morgan fingerprint density at radius 1 is 0.793 bits per heavy atom. The van der Waals surface area contributed by atoms with Crippen LogP contribution in [-0.2, 0) is 24.1 Å². The van der Waals surface area contributed by atoms with Gasteiger partial charge in [0.25, 0.3) is 0 Å². The minimum absolute atomic E-state index is 0.0894. The lowest BCUT2D eigenvalue weighted by atomic mass is 9.98. The highest BCUT2D eigenvalue weighted by molar-refractivity contribution is 5.98. The SMILES string of the molecule is C=C(NNC(=O)Cc1cccc2ccccc12)c1ccc2c3c(cccc13)CC2. The summed E-state index contributed by atoms with van der Waals surface area (Å²) in [6.07, 6.45) is 2.50. The van der Waals surface area contributed by atoms with Crippen molar-refractivity contribution in [2.45, 2.75) is 19.3 Å².